The van der Waals surface area contributed by atoms with Gasteiger partial charge in [0.25, 0.3) is 5.91 Å². The van der Waals surface area contributed by atoms with Crippen LogP contribution in [0.5, 0.6) is 0 Å². The van der Waals surface area contributed by atoms with Crippen LogP contribution in [0.1, 0.15) is 26.9 Å². The van der Waals surface area contributed by atoms with Crippen molar-refractivity contribution in [1.29, 1.82) is 0 Å². The number of thiophene rings is 1. The van der Waals surface area contributed by atoms with Crippen molar-refractivity contribution >= 4 is 33.4 Å². The molecule has 4 rings (SSSR count). The van der Waals surface area contributed by atoms with Crippen LogP contribution in [0.3, 0.4) is 0 Å². The number of pyridine rings is 2. The van der Waals surface area contributed by atoms with E-state index >= 15 is 0 Å². The number of aromatic nitrogens is 2. The Hall–Kier alpha value is -2.88. The molecule has 30 heavy (non-hydrogen) atoms. The van der Waals surface area contributed by atoms with Crippen molar-refractivity contribution in [2.24, 2.45) is 0 Å². The Morgan fingerprint density at radius 2 is 2.10 bits per heavy atom. The van der Waals surface area contributed by atoms with Crippen LogP contribution in [0.2, 0.25) is 0 Å². The lowest BCUT2D eigenvalue weighted by Gasteiger charge is -2.33. The average molecular weight is 426 g/mol. The zero-order valence-electron chi connectivity index (χ0n) is 16.3. The predicted molar refractivity (Wildman–Crippen MR) is 112 cm³/mol. The summed E-state index contributed by atoms with van der Waals surface area (Å²) in [4.78, 5) is 36.9. The first-order chi connectivity index (χ1) is 14.7. The number of carbonyl (C=O) groups is 2. The Kier molecular flexibility index (Phi) is 6.32. The van der Waals surface area contributed by atoms with Crippen molar-refractivity contribution in [3.8, 4) is 0 Å². The molecule has 156 valence electrons. The van der Waals surface area contributed by atoms with E-state index in [1.807, 2.05) is 24.3 Å². The molecule has 1 aliphatic rings. The molecular weight excluding hydrogens is 404 g/mol. The molecule has 0 spiro atoms. The maximum Gasteiger partial charge on any atom is 0.261 e. The molecule has 0 saturated carbocycles. The lowest BCUT2D eigenvalue weighted by molar-refractivity contribution is -0.138. The topological polar surface area (TPSA) is 105 Å². The van der Waals surface area contributed by atoms with Crippen LogP contribution in [-0.4, -0.2) is 64.6 Å². The van der Waals surface area contributed by atoms with Crippen molar-refractivity contribution < 1.29 is 19.4 Å². The Balaban J connectivity index is 1.59. The van der Waals surface area contributed by atoms with Gasteiger partial charge in [-0.05, 0) is 23.8 Å². The minimum Gasteiger partial charge on any atom is -0.395 e. The molecule has 1 aliphatic heterocycles. The molecule has 3 aromatic rings. The molecule has 0 bridgehead atoms. The first-order valence-corrected chi connectivity index (χ1v) is 10.5. The molecule has 0 aliphatic carbocycles. The van der Waals surface area contributed by atoms with Gasteiger partial charge in [-0.2, -0.15) is 0 Å². The fourth-order valence-corrected chi connectivity index (χ4v) is 4.64. The monoisotopic (exact) mass is 426 g/mol. The minimum atomic E-state index is -0.423. The highest BCUT2D eigenvalue weighted by Gasteiger charge is 2.31. The summed E-state index contributed by atoms with van der Waals surface area (Å²) < 4.78 is 6.00. The molecule has 2 N–H and O–H groups in total. The van der Waals surface area contributed by atoms with E-state index in [2.05, 4.69) is 15.3 Å². The first kappa shape index (κ1) is 20.4. The number of hydrogen-bond donors (Lipinski definition) is 2. The van der Waals surface area contributed by atoms with Gasteiger partial charge in [0.2, 0.25) is 5.91 Å². The molecule has 1 saturated heterocycles. The molecular formula is C21H22N4O4S. The van der Waals surface area contributed by atoms with Gasteiger partial charge in [0, 0.05) is 42.6 Å². The smallest absolute Gasteiger partial charge is 0.261 e. The quantitative estimate of drug-likeness (QED) is 0.620. The Bertz CT molecular complexity index is 1040. The largest absolute Gasteiger partial charge is 0.395 e. The van der Waals surface area contributed by atoms with Crippen LogP contribution in [0.4, 0.5) is 0 Å². The van der Waals surface area contributed by atoms with E-state index in [9.17, 15) is 9.59 Å². The van der Waals surface area contributed by atoms with Crippen LogP contribution in [0, 0.1) is 0 Å². The number of amides is 2. The Morgan fingerprint density at radius 1 is 1.27 bits per heavy atom. The maximum atomic E-state index is 12.8. The number of nitrogens with zero attached hydrogens (tertiary/aromatic N) is 3. The molecule has 2 amide bonds. The molecule has 0 unspecified atom stereocenters. The molecule has 1 fully saturated rings. The van der Waals surface area contributed by atoms with E-state index in [4.69, 9.17) is 9.84 Å². The first-order valence-electron chi connectivity index (χ1n) is 9.72. The zero-order chi connectivity index (χ0) is 20.9. The lowest BCUT2D eigenvalue weighted by Crippen LogP contribution is -2.43. The minimum absolute atomic E-state index is 0.0124. The number of nitrogens with one attached hydrogen (secondary N) is 1. The normalized spacial score (nSPS) is 16.6. The van der Waals surface area contributed by atoms with Gasteiger partial charge in [0.15, 0.2) is 0 Å². The van der Waals surface area contributed by atoms with Crippen LogP contribution in [0.15, 0.2) is 42.9 Å². The molecule has 0 aromatic carbocycles. The predicted octanol–water partition coefficient (Wildman–Crippen LogP) is 1.56. The van der Waals surface area contributed by atoms with Crippen LogP contribution in [-0.2, 0) is 16.0 Å². The fraction of sp³-hybridized carbons (Fsp3) is 0.333. The fourth-order valence-electron chi connectivity index (χ4n) is 3.53. The summed E-state index contributed by atoms with van der Waals surface area (Å²) in [6.07, 6.45) is 4.90. The lowest BCUT2D eigenvalue weighted by atomic mass is 10.0. The van der Waals surface area contributed by atoms with E-state index < -0.39 is 6.10 Å². The van der Waals surface area contributed by atoms with Gasteiger partial charge < -0.3 is 20.1 Å². The highest BCUT2D eigenvalue weighted by atomic mass is 32.1. The Labute approximate surface area is 177 Å². The third-order valence-electron chi connectivity index (χ3n) is 4.95. The summed E-state index contributed by atoms with van der Waals surface area (Å²) in [6, 6.07) is 7.40. The van der Waals surface area contributed by atoms with Crippen LogP contribution in [0.25, 0.3) is 10.2 Å². The number of carbonyl (C=O) groups excluding carboxylic acids is 2. The standard InChI is InChI=1S/C21H22N4O4S/c26-10-8-23-20(28)19-18(15-2-1-5-24-21(15)30-19)16-13-25(9-11-29-16)17(27)12-14-3-6-22-7-4-14/h1-7,16,26H,8-13H2,(H,23,28)/t16-/m1/s1. The summed E-state index contributed by atoms with van der Waals surface area (Å²) in [7, 11) is 0. The summed E-state index contributed by atoms with van der Waals surface area (Å²) in [6.45, 7) is 1.29. The summed E-state index contributed by atoms with van der Waals surface area (Å²) in [5, 5.41) is 12.6. The molecule has 9 heteroatoms. The van der Waals surface area contributed by atoms with Gasteiger partial charge in [-0.25, -0.2) is 4.98 Å². The second-order valence-electron chi connectivity index (χ2n) is 6.91. The summed E-state index contributed by atoms with van der Waals surface area (Å²) in [5.74, 6) is -0.260. The van der Waals surface area contributed by atoms with E-state index in [0.29, 0.717) is 31.0 Å². The molecule has 0 radical (unpaired) electrons. The van der Waals surface area contributed by atoms with Crippen molar-refractivity contribution in [3.05, 3.63) is 58.9 Å². The molecule has 1 atom stereocenters. The van der Waals surface area contributed by atoms with Crippen molar-refractivity contribution in [2.75, 3.05) is 32.8 Å². The number of rotatable bonds is 6. The SMILES string of the molecule is O=C(NCCO)c1sc2ncccc2c1[C@H]1CN(C(=O)Cc2ccncc2)CCO1. The number of aliphatic hydroxyl groups excluding tert-OH is 1. The van der Waals surface area contributed by atoms with Crippen molar-refractivity contribution in [1.82, 2.24) is 20.2 Å². The number of aliphatic hydroxyl groups is 1. The average Bonchev–Trinajstić information content (AvgIpc) is 3.18. The van der Waals surface area contributed by atoms with E-state index in [-0.39, 0.29) is 25.0 Å². The van der Waals surface area contributed by atoms with Crippen LogP contribution < -0.4 is 5.32 Å². The number of ether oxygens (including phenoxy) is 1. The van der Waals surface area contributed by atoms with Gasteiger partial charge in [0.05, 0.1) is 26.2 Å². The van der Waals surface area contributed by atoms with Gasteiger partial charge in [-0.15, -0.1) is 11.3 Å². The van der Waals surface area contributed by atoms with Crippen molar-refractivity contribution in [2.45, 2.75) is 12.5 Å². The third-order valence-corrected chi connectivity index (χ3v) is 6.08. The van der Waals surface area contributed by atoms with Gasteiger partial charge in [0.1, 0.15) is 15.8 Å². The highest BCUT2D eigenvalue weighted by Crippen LogP contribution is 2.37. The van der Waals surface area contributed by atoms with Gasteiger partial charge in [-0.1, -0.05) is 6.07 Å². The van der Waals surface area contributed by atoms with Crippen LogP contribution >= 0.6 is 11.3 Å². The maximum absolute atomic E-state index is 12.8. The summed E-state index contributed by atoms with van der Waals surface area (Å²) in [5.41, 5.74) is 1.66. The highest BCUT2D eigenvalue weighted by molar-refractivity contribution is 7.20. The van der Waals surface area contributed by atoms with E-state index in [0.717, 1.165) is 21.3 Å². The molecule has 4 heterocycles. The van der Waals surface area contributed by atoms with Crippen molar-refractivity contribution in [3.63, 3.8) is 0 Å². The summed E-state index contributed by atoms with van der Waals surface area (Å²) >= 11 is 1.29. The third kappa shape index (κ3) is 4.33. The second-order valence-corrected chi connectivity index (χ2v) is 7.91. The van der Waals surface area contributed by atoms with Gasteiger partial charge in [-0.3, -0.25) is 14.6 Å². The van der Waals surface area contributed by atoms with Gasteiger partial charge >= 0.3 is 0 Å². The second kappa shape index (κ2) is 9.29. The number of hydrogen-bond acceptors (Lipinski definition) is 7. The number of fused-ring (bicyclic) bond motifs is 1. The number of morpholine rings is 1. The van der Waals surface area contributed by atoms with E-state index in [1.165, 1.54) is 11.3 Å². The zero-order valence-corrected chi connectivity index (χ0v) is 17.1. The Morgan fingerprint density at radius 3 is 2.90 bits per heavy atom. The van der Waals surface area contributed by atoms with E-state index in [1.54, 1.807) is 23.5 Å². The molecule has 3 aromatic heterocycles. The molecule has 8 nitrogen and oxygen atoms in total.